The maximum Gasteiger partial charge on any atom is 0.0502 e. The molecule has 1 atom stereocenters. The quantitative estimate of drug-likeness (QED) is 0.685. The third-order valence-corrected chi connectivity index (χ3v) is 3.84. The molecule has 0 spiro atoms. The highest BCUT2D eigenvalue weighted by Crippen LogP contribution is 2.39. The molecule has 1 aliphatic carbocycles. The molecule has 2 heteroatoms. The highest BCUT2D eigenvalue weighted by atomic mass is 16.3. The predicted octanol–water partition coefficient (Wildman–Crippen LogP) is 2.30. The summed E-state index contributed by atoms with van der Waals surface area (Å²) in [7, 11) is 0. The van der Waals surface area contributed by atoms with E-state index in [2.05, 4.69) is 13.8 Å². The number of rotatable bonds is 3. The van der Waals surface area contributed by atoms with Crippen LogP contribution in [0.4, 0.5) is 0 Å². The molecule has 1 rings (SSSR count). The topological polar surface area (TPSA) is 46.2 Å². The summed E-state index contributed by atoms with van der Waals surface area (Å²) >= 11 is 0. The molecule has 1 aliphatic rings. The largest absolute Gasteiger partial charge is 0.396 e. The Kier molecular flexibility index (Phi) is 4.39. The van der Waals surface area contributed by atoms with Crippen LogP contribution >= 0.6 is 0 Å². The fourth-order valence-corrected chi connectivity index (χ4v) is 2.74. The summed E-state index contributed by atoms with van der Waals surface area (Å²) in [4.78, 5) is 0. The molecule has 0 radical (unpaired) electrons. The van der Waals surface area contributed by atoms with Gasteiger partial charge in [-0.2, -0.15) is 0 Å². The Morgan fingerprint density at radius 1 is 1.14 bits per heavy atom. The van der Waals surface area contributed by atoms with Crippen LogP contribution in [0.1, 0.15) is 52.4 Å². The summed E-state index contributed by atoms with van der Waals surface area (Å²) < 4.78 is 0. The number of nitrogens with two attached hydrogens (primary N) is 1. The Morgan fingerprint density at radius 3 is 2.00 bits per heavy atom. The van der Waals surface area contributed by atoms with Crippen LogP contribution in [0.3, 0.4) is 0 Å². The van der Waals surface area contributed by atoms with Crippen molar-refractivity contribution in [3.8, 4) is 0 Å². The van der Waals surface area contributed by atoms with Crippen molar-refractivity contribution in [2.45, 2.75) is 58.4 Å². The van der Waals surface area contributed by atoms with Gasteiger partial charge in [0.1, 0.15) is 0 Å². The highest BCUT2D eigenvalue weighted by molar-refractivity contribution is 4.91. The third kappa shape index (κ3) is 2.48. The summed E-state index contributed by atoms with van der Waals surface area (Å²) in [6, 6.07) is 0.158. The van der Waals surface area contributed by atoms with Crippen LogP contribution in [0.2, 0.25) is 0 Å². The van der Waals surface area contributed by atoms with Gasteiger partial charge < -0.3 is 10.8 Å². The molecule has 1 unspecified atom stereocenters. The molecule has 0 aromatic rings. The van der Waals surface area contributed by atoms with Gasteiger partial charge in [-0.3, -0.25) is 0 Å². The van der Waals surface area contributed by atoms with Crippen molar-refractivity contribution in [1.29, 1.82) is 0 Å². The molecule has 0 bridgehead atoms. The van der Waals surface area contributed by atoms with E-state index in [1.54, 1.807) is 0 Å². The molecular weight excluding hydrogens is 174 g/mol. The maximum absolute atomic E-state index is 9.61. The molecule has 0 aromatic heterocycles. The molecule has 1 saturated carbocycles. The van der Waals surface area contributed by atoms with Crippen molar-refractivity contribution in [3.05, 3.63) is 0 Å². The Morgan fingerprint density at radius 2 is 1.64 bits per heavy atom. The lowest BCUT2D eigenvalue weighted by Gasteiger charge is -2.39. The number of hydrogen-bond acceptors (Lipinski definition) is 2. The zero-order valence-electron chi connectivity index (χ0n) is 9.63. The highest BCUT2D eigenvalue weighted by Gasteiger charge is 2.37. The van der Waals surface area contributed by atoms with E-state index in [4.69, 9.17) is 5.73 Å². The van der Waals surface area contributed by atoms with Gasteiger partial charge in [0, 0.05) is 11.5 Å². The molecular formula is C12H25NO. The second-order valence-electron chi connectivity index (χ2n) is 5.20. The van der Waals surface area contributed by atoms with Crippen molar-refractivity contribution >= 4 is 0 Å². The average molecular weight is 199 g/mol. The number of aliphatic hydroxyl groups is 1. The molecule has 3 N–H and O–H groups in total. The molecule has 2 nitrogen and oxygen atoms in total. The van der Waals surface area contributed by atoms with E-state index < -0.39 is 0 Å². The van der Waals surface area contributed by atoms with Crippen molar-refractivity contribution in [1.82, 2.24) is 0 Å². The van der Waals surface area contributed by atoms with E-state index in [0.717, 1.165) is 12.8 Å². The van der Waals surface area contributed by atoms with Crippen molar-refractivity contribution in [3.63, 3.8) is 0 Å². The van der Waals surface area contributed by atoms with Gasteiger partial charge >= 0.3 is 0 Å². The summed E-state index contributed by atoms with van der Waals surface area (Å²) in [5.41, 5.74) is 6.26. The van der Waals surface area contributed by atoms with Gasteiger partial charge in [0.2, 0.25) is 0 Å². The summed E-state index contributed by atoms with van der Waals surface area (Å²) in [5.74, 6) is 0.472. The molecule has 0 aromatic carbocycles. The third-order valence-electron chi connectivity index (χ3n) is 3.84. The molecule has 14 heavy (non-hydrogen) atoms. The molecule has 0 amide bonds. The van der Waals surface area contributed by atoms with Crippen LogP contribution in [-0.2, 0) is 0 Å². The van der Waals surface area contributed by atoms with Crippen LogP contribution in [0.15, 0.2) is 0 Å². The van der Waals surface area contributed by atoms with E-state index in [1.807, 2.05) is 0 Å². The Balaban J connectivity index is 2.71. The Bertz CT molecular complexity index is 160. The monoisotopic (exact) mass is 199 g/mol. The SMILES string of the molecule is CC(C)C(N)C1(CO)CCCCCC1. The van der Waals surface area contributed by atoms with Gasteiger partial charge in [0.15, 0.2) is 0 Å². The molecule has 0 heterocycles. The van der Waals surface area contributed by atoms with Crippen molar-refractivity contribution < 1.29 is 5.11 Å². The van der Waals surface area contributed by atoms with Crippen molar-refractivity contribution in [2.24, 2.45) is 17.1 Å². The van der Waals surface area contributed by atoms with Crippen molar-refractivity contribution in [2.75, 3.05) is 6.61 Å². The van der Waals surface area contributed by atoms with E-state index >= 15 is 0 Å². The fraction of sp³-hybridized carbons (Fsp3) is 1.00. The second kappa shape index (κ2) is 5.13. The molecule has 0 saturated heterocycles. The Labute approximate surface area is 87.9 Å². The van der Waals surface area contributed by atoms with E-state index in [0.29, 0.717) is 5.92 Å². The van der Waals surface area contributed by atoms with Gasteiger partial charge in [-0.05, 0) is 18.8 Å². The van der Waals surface area contributed by atoms with Crippen LogP contribution in [0.5, 0.6) is 0 Å². The first kappa shape index (κ1) is 12.0. The lowest BCUT2D eigenvalue weighted by molar-refractivity contribution is 0.0621. The predicted molar refractivity (Wildman–Crippen MR) is 60.0 cm³/mol. The van der Waals surface area contributed by atoms with Gasteiger partial charge in [0.25, 0.3) is 0 Å². The fourth-order valence-electron chi connectivity index (χ4n) is 2.74. The van der Waals surface area contributed by atoms with Gasteiger partial charge in [-0.25, -0.2) is 0 Å². The average Bonchev–Trinajstić information content (AvgIpc) is 2.42. The van der Waals surface area contributed by atoms with Crippen LogP contribution in [0, 0.1) is 11.3 Å². The standard InChI is InChI=1S/C12H25NO/c1-10(2)11(13)12(9-14)7-5-3-4-6-8-12/h10-11,14H,3-9,13H2,1-2H3. The molecule has 0 aliphatic heterocycles. The first-order valence-electron chi connectivity index (χ1n) is 5.99. The minimum atomic E-state index is 0.0185. The smallest absolute Gasteiger partial charge is 0.0502 e. The lowest BCUT2D eigenvalue weighted by atomic mass is 9.71. The number of aliphatic hydroxyl groups excluding tert-OH is 1. The number of hydrogen-bond donors (Lipinski definition) is 2. The normalized spacial score (nSPS) is 24.6. The minimum Gasteiger partial charge on any atom is -0.396 e. The van der Waals surface area contributed by atoms with Crippen LogP contribution < -0.4 is 5.73 Å². The van der Waals surface area contributed by atoms with Crippen LogP contribution in [0.25, 0.3) is 0 Å². The second-order valence-corrected chi connectivity index (χ2v) is 5.20. The zero-order valence-corrected chi connectivity index (χ0v) is 9.63. The van der Waals surface area contributed by atoms with Gasteiger partial charge in [-0.1, -0.05) is 39.5 Å². The minimum absolute atomic E-state index is 0.0185. The Hall–Kier alpha value is -0.0800. The first-order valence-corrected chi connectivity index (χ1v) is 5.99. The maximum atomic E-state index is 9.61. The van der Waals surface area contributed by atoms with Gasteiger partial charge in [-0.15, -0.1) is 0 Å². The van der Waals surface area contributed by atoms with E-state index in [9.17, 15) is 5.11 Å². The van der Waals surface area contributed by atoms with E-state index in [-0.39, 0.29) is 18.1 Å². The summed E-state index contributed by atoms with van der Waals surface area (Å²) in [6.07, 6.45) is 7.33. The van der Waals surface area contributed by atoms with Crippen LogP contribution in [-0.4, -0.2) is 17.8 Å². The molecule has 84 valence electrons. The molecule has 1 fully saturated rings. The summed E-state index contributed by atoms with van der Waals surface area (Å²) in [6.45, 7) is 4.59. The zero-order chi connectivity index (χ0) is 10.6. The lowest BCUT2D eigenvalue weighted by Crippen LogP contribution is -2.47. The summed E-state index contributed by atoms with van der Waals surface area (Å²) in [5, 5.41) is 9.61. The first-order chi connectivity index (χ1) is 6.62. The van der Waals surface area contributed by atoms with E-state index in [1.165, 1.54) is 25.7 Å². The van der Waals surface area contributed by atoms with Gasteiger partial charge in [0.05, 0.1) is 6.61 Å².